The zero-order valence-corrected chi connectivity index (χ0v) is 35.0. The first-order chi connectivity index (χ1) is 26.6. The zero-order chi connectivity index (χ0) is 41.3. The van der Waals surface area contributed by atoms with E-state index in [1.807, 2.05) is 74.6 Å². The topological polar surface area (TPSA) is 38.9 Å². The van der Waals surface area contributed by atoms with Crippen molar-refractivity contribution in [2.75, 3.05) is 0 Å². The van der Waals surface area contributed by atoms with Gasteiger partial charge in [-0.05, 0) is 64.9 Å². The van der Waals surface area contributed by atoms with Crippen LogP contribution in [0.1, 0.15) is 65.4 Å². The van der Waals surface area contributed by atoms with Crippen LogP contribution in [-0.2, 0) is 26.5 Å². The molecular formula is C46H46IrN2OSSi-2. The summed E-state index contributed by atoms with van der Waals surface area (Å²) in [6, 6.07) is 34.1. The Morgan fingerprint density at radius 3 is 2.37 bits per heavy atom. The standard InChI is InChI=1S/C29H24NOS.C17H22NSi.Ir/c1-17-16-30-23(14-18(17)15-29(2,3)4)21-9-7-10-22-26-24(31-27(21)22)13-12-20-19-8-5-6-11-25(19)32-28(20)26;1-13(2)15-11-16(14-9-7-6-8-10-14)18-12-17(15)19(3,4)5;/h5-8,10-14,16H,15H2,1-4H3;6-9,11-13H,1-5H3;/q2*-1;/i1D3,15D2;13D;. The van der Waals surface area contributed by atoms with Crippen LogP contribution in [0.5, 0.6) is 0 Å². The van der Waals surface area contributed by atoms with Crippen LogP contribution in [0.15, 0.2) is 102 Å². The summed E-state index contributed by atoms with van der Waals surface area (Å²) in [7, 11) is -1.50. The van der Waals surface area contributed by atoms with E-state index >= 15 is 0 Å². The number of aromatic nitrogens is 2. The van der Waals surface area contributed by atoms with Crippen molar-refractivity contribution in [3.63, 3.8) is 0 Å². The minimum absolute atomic E-state index is 0. The third-order valence-electron chi connectivity index (χ3n) is 8.84. The van der Waals surface area contributed by atoms with Gasteiger partial charge in [0.25, 0.3) is 0 Å². The van der Waals surface area contributed by atoms with Gasteiger partial charge in [-0.3, -0.25) is 0 Å². The second-order valence-electron chi connectivity index (χ2n) is 15.2. The summed E-state index contributed by atoms with van der Waals surface area (Å²) in [5.74, 6) is -0.609. The largest absolute Gasteiger partial charge is 0.501 e. The van der Waals surface area contributed by atoms with Crippen LogP contribution in [0.4, 0.5) is 0 Å². The fourth-order valence-corrected chi connectivity index (χ4v) is 9.30. The van der Waals surface area contributed by atoms with Gasteiger partial charge in [-0.25, -0.2) is 0 Å². The molecular weight excluding hydrogens is 849 g/mol. The monoisotopic (exact) mass is 901 g/mol. The second-order valence-corrected chi connectivity index (χ2v) is 21.3. The Morgan fingerprint density at radius 2 is 1.65 bits per heavy atom. The average molecular weight is 901 g/mol. The molecule has 4 aromatic carbocycles. The van der Waals surface area contributed by atoms with E-state index in [4.69, 9.17) is 12.6 Å². The van der Waals surface area contributed by atoms with E-state index in [0.717, 1.165) is 37.9 Å². The molecule has 8 aromatic rings. The second kappa shape index (κ2) is 14.8. The summed E-state index contributed by atoms with van der Waals surface area (Å²) in [6.07, 6.45) is 1.34. The van der Waals surface area contributed by atoms with Crippen molar-refractivity contribution < 1.29 is 32.7 Å². The first-order valence-electron chi connectivity index (χ1n) is 20.2. The summed E-state index contributed by atoms with van der Waals surface area (Å²) < 4.78 is 58.9. The third kappa shape index (κ3) is 7.58. The predicted octanol–water partition coefficient (Wildman–Crippen LogP) is 12.9. The van der Waals surface area contributed by atoms with Crippen LogP contribution in [0.25, 0.3) is 64.6 Å². The van der Waals surface area contributed by atoms with Crippen LogP contribution in [0.3, 0.4) is 0 Å². The van der Waals surface area contributed by atoms with Crippen molar-refractivity contribution in [2.45, 2.75) is 73.4 Å². The Balaban J connectivity index is 0.000000230. The van der Waals surface area contributed by atoms with E-state index in [-0.39, 0.29) is 31.2 Å². The maximum atomic E-state index is 8.85. The van der Waals surface area contributed by atoms with Crippen molar-refractivity contribution in [3.8, 4) is 22.5 Å². The molecule has 6 heteroatoms. The van der Waals surface area contributed by atoms with Crippen LogP contribution in [-0.4, -0.2) is 18.0 Å². The number of fused-ring (bicyclic) bond motifs is 7. The molecule has 0 saturated heterocycles. The average Bonchev–Trinajstić information content (AvgIpc) is 3.72. The summed E-state index contributed by atoms with van der Waals surface area (Å²) in [5.41, 5.74) is 4.52. The van der Waals surface area contributed by atoms with Gasteiger partial charge in [-0.2, -0.15) is 0 Å². The van der Waals surface area contributed by atoms with Gasteiger partial charge in [0.2, 0.25) is 0 Å². The van der Waals surface area contributed by atoms with Gasteiger partial charge in [0.15, 0.2) is 0 Å². The molecule has 0 spiro atoms. The molecule has 8 rings (SSSR count). The first-order valence-corrected chi connectivity index (χ1v) is 21.6. The number of hydrogen-bond acceptors (Lipinski definition) is 4. The van der Waals surface area contributed by atoms with E-state index in [0.29, 0.717) is 16.8 Å². The van der Waals surface area contributed by atoms with Gasteiger partial charge in [-0.15, -0.1) is 65.4 Å². The van der Waals surface area contributed by atoms with Crippen molar-refractivity contribution in [2.24, 2.45) is 5.41 Å². The van der Waals surface area contributed by atoms with Crippen molar-refractivity contribution >= 4 is 66.7 Å². The molecule has 0 saturated carbocycles. The molecule has 0 aliphatic heterocycles. The molecule has 0 N–H and O–H groups in total. The van der Waals surface area contributed by atoms with Crippen LogP contribution in [0, 0.1) is 24.4 Å². The molecule has 1 radical (unpaired) electrons. The normalized spacial score (nSPS) is 14.5. The molecule has 0 aliphatic carbocycles. The maximum absolute atomic E-state index is 8.85. The molecule has 0 amide bonds. The van der Waals surface area contributed by atoms with Gasteiger partial charge in [0.1, 0.15) is 5.58 Å². The van der Waals surface area contributed by atoms with E-state index in [9.17, 15) is 0 Å². The predicted molar refractivity (Wildman–Crippen MR) is 222 cm³/mol. The first kappa shape index (κ1) is 30.5. The van der Waals surface area contributed by atoms with E-state index < -0.39 is 32.6 Å². The smallest absolute Gasteiger partial charge is 0.122 e. The number of thiophene rings is 1. The molecule has 267 valence electrons. The maximum Gasteiger partial charge on any atom is 0.122 e. The molecule has 0 atom stereocenters. The summed E-state index contributed by atoms with van der Waals surface area (Å²) in [6.45, 7) is 13.6. The molecule has 4 heterocycles. The van der Waals surface area contributed by atoms with Gasteiger partial charge in [0, 0.05) is 66.3 Å². The number of rotatable bonds is 5. The SMILES string of the molecule is [2H]C(C)(C)c1cc(-c2[c-]cccc2)ncc1[Si](C)(C)C.[2H]C([2H])([2H])c1cnc(-c2[c-]ccc3c2oc2ccc4c5ccccc5sc4c23)cc1C([2H])([2H])C(C)(C)C.[Ir]. The van der Waals surface area contributed by atoms with Crippen LogP contribution in [0.2, 0.25) is 19.6 Å². The molecule has 4 aromatic heterocycles. The van der Waals surface area contributed by atoms with E-state index in [1.54, 1.807) is 38.2 Å². The van der Waals surface area contributed by atoms with E-state index in [2.05, 4.69) is 66.0 Å². The van der Waals surface area contributed by atoms with E-state index in [1.165, 1.54) is 26.9 Å². The Hall–Kier alpha value is -3.93. The quantitative estimate of drug-likeness (QED) is 0.128. The Morgan fingerprint density at radius 1 is 0.885 bits per heavy atom. The van der Waals surface area contributed by atoms with Gasteiger partial charge >= 0.3 is 0 Å². The van der Waals surface area contributed by atoms with Crippen molar-refractivity contribution in [1.82, 2.24) is 9.97 Å². The number of pyridine rings is 2. The fourth-order valence-electron chi connectivity index (χ4n) is 6.46. The van der Waals surface area contributed by atoms with Gasteiger partial charge in [-0.1, -0.05) is 107 Å². The Bertz CT molecular complexity index is 2780. The molecule has 52 heavy (non-hydrogen) atoms. The molecule has 0 unspecified atom stereocenters. The van der Waals surface area contributed by atoms with Crippen molar-refractivity contribution in [3.05, 3.63) is 126 Å². The molecule has 3 nitrogen and oxygen atoms in total. The third-order valence-corrected chi connectivity index (χ3v) is 12.1. The Kier molecular flexibility index (Phi) is 8.70. The van der Waals surface area contributed by atoms with Gasteiger partial charge in [0.05, 0.1) is 13.7 Å². The number of aryl methyl sites for hydroxylation is 1. The Labute approximate surface area is 335 Å². The van der Waals surface area contributed by atoms with Crippen molar-refractivity contribution in [1.29, 1.82) is 0 Å². The fraction of sp³-hybridized carbons (Fsp3) is 0.261. The summed E-state index contributed by atoms with van der Waals surface area (Å²) >= 11 is 1.73. The number of benzene rings is 4. The molecule has 0 fully saturated rings. The summed E-state index contributed by atoms with van der Waals surface area (Å²) in [4.78, 5) is 9.08. The van der Waals surface area contributed by atoms with Gasteiger partial charge < -0.3 is 14.4 Å². The minimum atomic E-state index is -2.50. The molecule has 0 bridgehead atoms. The zero-order valence-electron chi connectivity index (χ0n) is 36.8. The van der Waals surface area contributed by atoms with Crippen LogP contribution < -0.4 is 5.19 Å². The number of hydrogen-bond donors (Lipinski definition) is 0. The number of furan rings is 1. The minimum Gasteiger partial charge on any atom is -0.501 e. The summed E-state index contributed by atoms with van der Waals surface area (Å²) in [5, 5.41) is 5.59. The van der Waals surface area contributed by atoms with Crippen LogP contribution >= 0.6 is 11.3 Å². The molecule has 0 aliphatic rings. The number of nitrogens with zero attached hydrogens (tertiary/aromatic N) is 2.